The first-order valence-electron chi connectivity index (χ1n) is 3.28. The Morgan fingerprint density at radius 3 is 2.83 bits per heavy atom. The van der Waals surface area contributed by atoms with Gasteiger partial charge in [0, 0.05) is 24.0 Å². The van der Waals surface area contributed by atoms with Crippen LogP contribution in [0.25, 0.3) is 0 Å². The fourth-order valence-corrected chi connectivity index (χ4v) is 0.776. The molecule has 0 aliphatic heterocycles. The van der Waals surface area contributed by atoms with Crippen LogP contribution in [0, 0.1) is 0 Å². The van der Waals surface area contributed by atoms with Crippen LogP contribution >= 0.6 is 0 Å². The van der Waals surface area contributed by atoms with Gasteiger partial charge in [-0.05, 0) is 0 Å². The lowest BCUT2D eigenvalue weighted by molar-refractivity contribution is -0.138. The highest BCUT2D eigenvalue weighted by atomic mass is 16.4. The van der Waals surface area contributed by atoms with Gasteiger partial charge in [-0.3, -0.25) is 9.59 Å². The number of aromatic amines is 1. The zero-order valence-corrected chi connectivity index (χ0v) is 6.15. The standard InChI is InChI=1S/C7H8N2O3/c8-6(7(11)12)5-3-4(10)1-2-9-5/h1-3,6H,8H2,(H,9,10)(H,11,12). The molecule has 1 unspecified atom stereocenters. The first kappa shape index (κ1) is 8.48. The number of carbonyl (C=O) groups is 1. The molecule has 0 saturated heterocycles. The van der Waals surface area contributed by atoms with Gasteiger partial charge in [-0.25, -0.2) is 0 Å². The van der Waals surface area contributed by atoms with Crippen LogP contribution in [0.1, 0.15) is 11.7 Å². The largest absolute Gasteiger partial charge is 0.480 e. The monoisotopic (exact) mass is 168 g/mol. The van der Waals surface area contributed by atoms with Gasteiger partial charge in [-0.1, -0.05) is 0 Å². The first-order chi connectivity index (χ1) is 5.61. The normalized spacial score (nSPS) is 12.4. The van der Waals surface area contributed by atoms with Crippen molar-refractivity contribution in [3.8, 4) is 0 Å². The summed E-state index contributed by atoms with van der Waals surface area (Å²) in [5.74, 6) is -1.17. The lowest BCUT2D eigenvalue weighted by atomic mass is 10.2. The Morgan fingerprint density at radius 1 is 1.67 bits per heavy atom. The van der Waals surface area contributed by atoms with E-state index >= 15 is 0 Å². The van der Waals surface area contributed by atoms with Crippen LogP contribution in [0.3, 0.4) is 0 Å². The van der Waals surface area contributed by atoms with Gasteiger partial charge in [-0.2, -0.15) is 0 Å². The molecule has 4 N–H and O–H groups in total. The van der Waals surface area contributed by atoms with Gasteiger partial charge in [-0.15, -0.1) is 0 Å². The van der Waals surface area contributed by atoms with Crippen molar-refractivity contribution in [2.75, 3.05) is 0 Å². The van der Waals surface area contributed by atoms with Gasteiger partial charge >= 0.3 is 5.97 Å². The number of hydrogen-bond acceptors (Lipinski definition) is 3. The van der Waals surface area contributed by atoms with E-state index in [9.17, 15) is 9.59 Å². The molecule has 0 aliphatic carbocycles. The minimum atomic E-state index is -1.17. The maximum Gasteiger partial charge on any atom is 0.326 e. The molecule has 0 radical (unpaired) electrons. The molecule has 0 fully saturated rings. The molecule has 0 saturated carbocycles. The molecule has 1 aromatic rings. The summed E-state index contributed by atoms with van der Waals surface area (Å²) in [7, 11) is 0. The molecular formula is C7H8N2O3. The number of aliphatic carboxylic acids is 1. The third kappa shape index (κ3) is 1.70. The molecule has 64 valence electrons. The molecule has 1 aromatic heterocycles. The average molecular weight is 168 g/mol. The number of hydrogen-bond donors (Lipinski definition) is 3. The molecule has 0 aromatic carbocycles. The highest BCUT2D eigenvalue weighted by molar-refractivity contribution is 5.74. The second kappa shape index (κ2) is 3.19. The number of carboxylic acid groups (broad SMARTS) is 1. The Hall–Kier alpha value is -1.62. The minimum absolute atomic E-state index is 0.204. The summed E-state index contributed by atoms with van der Waals surface area (Å²) in [4.78, 5) is 23.7. The quantitative estimate of drug-likeness (QED) is 0.552. The summed E-state index contributed by atoms with van der Waals surface area (Å²) in [6.07, 6.45) is 1.36. The molecule has 1 atom stereocenters. The Balaban J connectivity index is 3.03. The van der Waals surface area contributed by atoms with Crippen LogP contribution in [0.2, 0.25) is 0 Å². The molecule has 0 aliphatic rings. The first-order valence-corrected chi connectivity index (χ1v) is 3.28. The summed E-state index contributed by atoms with van der Waals surface area (Å²) < 4.78 is 0. The summed E-state index contributed by atoms with van der Waals surface area (Å²) in [6, 6.07) is 1.29. The minimum Gasteiger partial charge on any atom is -0.480 e. The smallest absolute Gasteiger partial charge is 0.326 e. The Bertz CT molecular complexity index is 345. The lowest BCUT2D eigenvalue weighted by Crippen LogP contribution is -2.23. The van der Waals surface area contributed by atoms with E-state index in [1.807, 2.05) is 0 Å². The van der Waals surface area contributed by atoms with Crippen molar-refractivity contribution in [2.45, 2.75) is 6.04 Å². The van der Waals surface area contributed by atoms with E-state index in [2.05, 4.69) is 4.98 Å². The van der Waals surface area contributed by atoms with E-state index in [1.54, 1.807) is 0 Å². The second-order valence-corrected chi connectivity index (χ2v) is 2.30. The number of carboxylic acids is 1. The van der Waals surface area contributed by atoms with Gasteiger partial charge < -0.3 is 15.8 Å². The number of rotatable bonds is 2. The number of nitrogens with two attached hydrogens (primary N) is 1. The molecular weight excluding hydrogens is 160 g/mol. The highest BCUT2D eigenvalue weighted by Gasteiger charge is 2.14. The average Bonchev–Trinajstić information content (AvgIpc) is 2.03. The van der Waals surface area contributed by atoms with Crippen LogP contribution in [-0.4, -0.2) is 16.1 Å². The lowest BCUT2D eigenvalue weighted by Gasteiger charge is -2.04. The molecule has 1 heterocycles. The Morgan fingerprint density at radius 2 is 2.33 bits per heavy atom. The SMILES string of the molecule is NC(C(=O)O)c1cc(=O)cc[nH]1. The van der Waals surface area contributed by atoms with Gasteiger partial charge in [0.1, 0.15) is 6.04 Å². The van der Waals surface area contributed by atoms with Gasteiger partial charge in [0.25, 0.3) is 0 Å². The fourth-order valence-electron chi connectivity index (χ4n) is 0.776. The fraction of sp³-hybridized carbons (Fsp3) is 0.143. The number of pyridine rings is 1. The van der Waals surface area contributed by atoms with E-state index < -0.39 is 12.0 Å². The summed E-state index contributed by atoms with van der Waals surface area (Å²) in [6.45, 7) is 0. The predicted octanol–water partition coefficient (Wildman–Crippen LogP) is -0.541. The molecule has 0 spiro atoms. The van der Waals surface area contributed by atoms with Gasteiger partial charge in [0.15, 0.2) is 5.43 Å². The summed E-state index contributed by atoms with van der Waals surface area (Å²) in [5, 5.41) is 8.48. The maximum absolute atomic E-state index is 10.7. The van der Waals surface area contributed by atoms with Crippen molar-refractivity contribution < 1.29 is 9.90 Å². The van der Waals surface area contributed by atoms with E-state index in [-0.39, 0.29) is 11.1 Å². The Kier molecular flexibility index (Phi) is 2.25. The summed E-state index contributed by atoms with van der Waals surface area (Å²) in [5.41, 5.74) is 5.18. The van der Waals surface area contributed by atoms with Crippen LogP contribution in [-0.2, 0) is 4.79 Å². The van der Waals surface area contributed by atoms with Crippen LogP contribution in [0.5, 0.6) is 0 Å². The topological polar surface area (TPSA) is 96.2 Å². The zero-order valence-electron chi connectivity index (χ0n) is 6.15. The van der Waals surface area contributed by atoms with E-state index in [0.717, 1.165) is 0 Å². The second-order valence-electron chi connectivity index (χ2n) is 2.30. The van der Waals surface area contributed by atoms with Crippen LogP contribution in [0.15, 0.2) is 23.1 Å². The van der Waals surface area contributed by atoms with Crippen molar-refractivity contribution in [2.24, 2.45) is 5.73 Å². The van der Waals surface area contributed by atoms with Crippen molar-refractivity contribution in [3.63, 3.8) is 0 Å². The summed E-state index contributed by atoms with van der Waals surface area (Å²) >= 11 is 0. The number of nitrogens with one attached hydrogen (secondary N) is 1. The van der Waals surface area contributed by atoms with Gasteiger partial charge in [0.2, 0.25) is 0 Å². The van der Waals surface area contributed by atoms with Crippen molar-refractivity contribution in [3.05, 3.63) is 34.2 Å². The predicted molar refractivity (Wildman–Crippen MR) is 41.6 cm³/mol. The Labute approximate surface area is 67.8 Å². The maximum atomic E-state index is 10.7. The van der Waals surface area contributed by atoms with E-state index in [4.69, 9.17) is 10.8 Å². The molecule has 5 heteroatoms. The van der Waals surface area contributed by atoms with Gasteiger partial charge in [0.05, 0.1) is 0 Å². The third-order valence-electron chi connectivity index (χ3n) is 1.40. The van der Waals surface area contributed by atoms with Crippen LogP contribution in [0.4, 0.5) is 0 Å². The zero-order chi connectivity index (χ0) is 9.14. The highest BCUT2D eigenvalue weighted by Crippen LogP contribution is 2.02. The van der Waals surface area contributed by atoms with E-state index in [0.29, 0.717) is 0 Å². The molecule has 0 amide bonds. The van der Waals surface area contributed by atoms with E-state index in [1.165, 1.54) is 18.3 Å². The molecule has 0 bridgehead atoms. The van der Waals surface area contributed by atoms with Crippen molar-refractivity contribution in [1.82, 2.24) is 4.98 Å². The van der Waals surface area contributed by atoms with Crippen molar-refractivity contribution >= 4 is 5.97 Å². The number of H-pyrrole nitrogens is 1. The molecule has 5 nitrogen and oxygen atoms in total. The number of aromatic nitrogens is 1. The third-order valence-corrected chi connectivity index (χ3v) is 1.40. The molecule has 1 rings (SSSR count). The van der Waals surface area contributed by atoms with Crippen molar-refractivity contribution in [1.29, 1.82) is 0 Å². The molecule has 12 heavy (non-hydrogen) atoms. The van der Waals surface area contributed by atoms with Crippen LogP contribution < -0.4 is 11.2 Å².